The molecule has 112 valence electrons. The third-order valence-electron chi connectivity index (χ3n) is 3.63. The Morgan fingerprint density at radius 2 is 2.10 bits per heavy atom. The lowest BCUT2D eigenvalue weighted by Gasteiger charge is -2.26. The molecule has 1 fully saturated rings. The second-order valence-electron chi connectivity index (χ2n) is 5.09. The van der Waals surface area contributed by atoms with Crippen molar-refractivity contribution >= 4 is 16.7 Å². The van der Waals surface area contributed by atoms with Gasteiger partial charge in [0.05, 0.1) is 25.3 Å². The van der Waals surface area contributed by atoms with Crippen molar-refractivity contribution in [3.63, 3.8) is 0 Å². The van der Waals surface area contributed by atoms with Gasteiger partial charge in [0.15, 0.2) is 0 Å². The van der Waals surface area contributed by atoms with Crippen LogP contribution in [0.2, 0.25) is 0 Å². The Kier molecular flexibility index (Phi) is 4.47. The number of morpholine rings is 1. The van der Waals surface area contributed by atoms with Gasteiger partial charge in [-0.3, -0.25) is 4.90 Å². The molecule has 0 aliphatic carbocycles. The predicted molar refractivity (Wildman–Crippen MR) is 81.3 cm³/mol. The third kappa shape index (κ3) is 3.59. The quantitative estimate of drug-likeness (QED) is 0.836. The summed E-state index contributed by atoms with van der Waals surface area (Å²) in [5, 5.41) is 0.859. The van der Waals surface area contributed by atoms with E-state index in [2.05, 4.69) is 14.9 Å². The molecule has 0 bridgehead atoms. The van der Waals surface area contributed by atoms with Crippen LogP contribution in [0, 0.1) is 0 Å². The Bertz CT molecular complexity index is 599. The molecule has 0 atom stereocenters. The van der Waals surface area contributed by atoms with Crippen LogP contribution in [0.3, 0.4) is 0 Å². The molecule has 2 aromatic rings. The van der Waals surface area contributed by atoms with Gasteiger partial charge in [0, 0.05) is 31.1 Å². The second kappa shape index (κ2) is 6.69. The predicted octanol–water partition coefficient (Wildman–Crippen LogP) is 1.31. The van der Waals surface area contributed by atoms with Gasteiger partial charge in [0.1, 0.15) is 17.9 Å². The van der Waals surface area contributed by atoms with E-state index in [1.165, 1.54) is 6.33 Å². The number of hydrogen-bond donors (Lipinski definition) is 1. The van der Waals surface area contributed by atoms with Crippen LogP contribution in [-0.4, -0.2) is 54.3 Å². The fourth-order valence-electron chi connectivity index (χ4n) is 2.45. The van der Waals surface area contributed by atoms with E-state index >= 15 is 0 Å². The van der Waals surface area contributed by atoms with Crippen molar-refractivity contribution in [3.8, 4) is 5.75 Å². The van der Waals surface area contributed by atoms with Gasteiger partial charge in [-0.25, -0.2) is 9.97 Å². The molecule has 3 rings (SSSR count). The minimum Gasteiger partial charge on any atom is -0.493 e. The Hall–Kier alpha value is -1.92. The number of hydrogen-bond acceptors (Lipinski definition) is 6. The fourth-order valence-corrected chi connectivity index (χ4v) is 2.45. The second-order valence-corrected chi connectivity index (χ2v) is 5.09. The molecule has 1 aromatic carbocycles. The van der Waals surface area contributed by atoms with Crippen molar-refractivity contribution in [2.24, 2.45) is 0 Å². The maximum atomic E-state index is 5.80. The average molecular weight is 288 g/mol. The third-order valence-corrected chi connectivity index (χ3v) is 3.63. The number of ether oxygens (including phenoxy) is 2. The van der Waals surface area contributed by atoms with Gasteiger partial charge in [-0.1, -0.05) is 0 Å². The first-order valence-electron chi connectivity index (χ1n) is 7.26. The van der Waals surface area contributed by atoms with Crippen LogP contribution in [-0.2, 0) is 4.74 Å². The Morgan fingerprint density at radius 3 is 2.95 bits per heavy atom. The maximum Gasteiger partial charge on any atom is 0.134 e. The van der Waals surface area contributed by atoms with E-state index in [1.54, 1.807) is 0 Å². The molecule has 1 aliphatic rings. The van der Waals surface area contributed by atoms with Crippen LogP contribution in [0.1, 0.15) is 6.42 Å². The average Bonchev–Trinajstić information content (AvgIpc) is 2.53. The number of anilines is 1. The highest BCUT2D eigenvalue weighted by Gasteiger charge is 2.09. The molecular formula is C15H20N4O2. The minimum atomic E-state index is 0.499. The first-order chi connectivity index (χ1) is 10.3. The summed E-state index contributed by atoms with van der Waals surface area (Å²) in [5.41, 5.74) is 6.62. The minimum absolute atomic E-state index is 0.499. The lowest BCUT2D eigenvalue weighted by molar-refractivity contribution is 0.0358. The van der Waals surface area contributed by atoms with Crippen LogP contribution >= 0.6 is 0 Å². The molecule has 1 aromatic heterocycles. The number of aromatic nitrogens is 2. The van der Waals surface area contributed by atoms with E-state index in [0.717, 1.165) is 55.9 Å². The summed E-state index contributed by atoms with van der Waals surface area (Å²) in [6.45, 7) is 5.47. The van der Waals surface area contributed by atoms with Crippen LogP contribution in [0.4, 0.5) is 5.82 Å². The van der Waals surface area contributed by atoms with E-state index in [4.69, 9.17) is 15.2 Å². The van der Waals surface area contributed by atoms with Crippen LogP contribution in [0.25, 0.3) is 10.9 Å². The molecule has 1 saturated heterocycles. The standard InChI is InChI=1S/C15H20N4O2/c16-15-13-3-2-12(10-14(13)17-11-18-15)21-7-1-4-19-5-8-20-9-6-19/h2-3,10-11H,1,4-9H2,(H2,16,17,18). The van der Waals surface area contributed by atoms with Crippen molar-refractivity contribution in [1.29, 1.82) is 0 Å². The van der Waals surface area contributed by atoms with Crippen molar-refractivity contribution in [3.05, 3.63) is 24.5 Å². The molecule has 6 heteroatoms. The summed E-state index contributed by atoms with van der Waals surface area (Å²) >= 11 is 0. The summed E-state index contributed by atoms with van der Waals surface area (Å²) < 4.78 is 11.1. The lowest BCUT2D eigenvalue weighted by Crippen LogP contribution is -2.37. The molecule has 21 heavy (non-hydrogen) atoms. The van der Waals surface area contributed by atoms with E-state index < -0.39 is 0 Å². The van der Waals surface area contributed by atoms with Gasteiger partial charge < -0.3 is 15.2 Å². The molecule has 2 N–H and O–H groups in total. The number of nitrogen functional groups attached to an aromatic ring is 1. The smallest absolute Gasteiger partial charge is 0.134 e. The van der Waals surface area contributed by atoms with Crippen molar-refractivity contribution in [1.82, 2.24) is 14.9 Å². The van der Waals surface area contributed by atoms with Gasteiger partial charge in [0.2, 0.25) is 0 Å². The summed E-state index contributed by atoms with van der Waals surface area (Å²) in [4.78, 5) is 10.6. The van der Waals surface area contributed by atoms with Gasteiger partial charge >= 0.3 is 0 Å². The Morgan fingerprint density at radius 1 is 1.24 bits per heavy atom. The highest BCUT2D eigenvalue weighted by atomic mass is 16.5. The van der Waals surface area contributed by atoms with Crippen LogP contribution in [0.15, 0.2) is 24.5 Å². The Balaban J connectivity index is 1.51. The molecule has 0 amide bonds. The number of fused-ring (bicyclic) bond motifs is 1. The monoisotopic (exact) mass is 288 g/mol. The van der Waals surface area contributed by atoms with Gasteiger partial charge in [-0.15, -0.1) is 0 Å². The molecular weight excluding hydrogens is 268 g/mol. The summed E-state index contributed by atoms with van der Waals surface area (Å²) in [7, 11) is 0. The van der Waals surface area contributed by atoms with Crippen LogP contribution in [0.5, 0.6) is 5.75 Å². The molecule has 0 radical (unpaired) electrons. The zero-order chi connectivity index (χ0) is 14.5. The van der Waals surface area contributed by atoms with Gasteiger partial charge in [0.25, 0.3) is 0 Å². The van der Waals surface area contributed by atoms with E-state index in [1.807, 2.05) is 18.2 Å². The number of rotatable bonds is 5. The van der Waals surface area contributed by atoms with E-state index in [0.29, 0.717) is 12.4 Å². The first kappa shape index (κ1) is 14.0. The van der Waals surface area contributed by atoms with Gasteiger partial charge in [-0.2, -0.15) is 0 Å². The molecule has 2 heterocycles. The topological polar surface area (TPSA) is 73.5 Å². The molecule has 0 saturated carbocycles. The lowest BCUT2D eigenvalue weighted by atomic mass is 10.2. The van der Waals surface area contributed by atoms with Crippen molar-refractivity contribution in [2.75, 3.05) is 45.2 Å². The fraction of sp³-hybridized carbons (Fsp3) is 0.467. The number of benzene rings is 1. The highest BCUT2D eigenvalue weighted by molar-refractivity contribution is 5.88. The summed E-state index contributed by atoms with van der Waals surface area (Å²) in [5.74, 6) is 1.32. The zero-order valence-corrected chi connectivity index (χ0v) is 12.0. The normalized spacial score (nSPS) is 16.2. The zero-order valence-electron chi connectivity index (χ0n) is 12.0. The number of nitrogens with two attached hydrogens (primary N) is 1. The first-order valence-corrected chi connectivity index (χ1v) is 7.26. The van der Waals surface area contributed by atoms with Crippen LogP contribution < -0.4 is 10.5 Å². The molecule has 0 spiro atoms. The molecule has 0 unspecified atom stereocenters. The summed E-state index contributed by atoms with van der Waals surface area (Å²) in [6.07, 6.45) is 2.48. The van der Waals surface area contributed by atoms with Gasteiger partial charge in [-0.05, 0) is 18.6 Å². The van der Waals surface area contributed by atoms with Crippen molar-refractivity contribution < 1.29 is 9.47 Å². The Labute approximate surface area is 123 Å². The highest BCUT2D eigenvalue weighted by Crippen LogP contribution is 2.22. The van der Waals surface area contributed by atoms with E-state index in [-0.39, 0.29) is 0 Å². The SMILES string of the molecule is Nc1ncnc2cc(OCCCN3CCOCC3)ccc12. The summed E-state index contributed by atoms with van der Waals surface area (Å²) in [6, 6.07) is 5.72. The maximum absolute atomic E-state index is 5.80. The molecule has 6 nitrogen and oxygen atoms in total. The van der Waals surface area contributed by atoms with E-state index in [9.17, 15) is 0 Å². The van der Waals surface area contributed by atoms with Crippen molar-refractivity contribution in [2.45, 2.75) is 6.42 Å². The molecule has 1 aliphatic heterocycles. The number of nitrogens with zero attached hydrogens (tertiary/aromatic N) is 3. The largest absolute Gasteiger partial charge is 0.493 e.